The predicted molar refractivity (Wildman–Crippen MR) is 147 cm³/mol. The molecule has 2 amide bonds. The molecule has 2 N–H and O–H groups in total. The zero-order valence-corrected chi connectivity index (χ0v) is 21.5. The Morgan fingerprint density at radius 3 is 2.58 bits per heavy atom. The van der Waals surface area contributed by atoms with Crippen LogP contribution >= 0.6 is 0 Å². The molecule has 3 heterocycles. The minimum atomic E-state index is -0.665. The van der Waals surface area contributed by atoms with E-state index in [2.05, 4.69) is 34.9 Å². The normalized spacial score (nSPS) is 17.1. The number of carbonyl (C=O) groups excluding carboxylic acids is 1. The largest absolute Gasteiger partial charge is 0.378 e. The summed E-state index contributed by atoms with van der Waals surface area (Å²) >= 11 is 0. The minimum absolute atomic E-state index is 0.0995. The van der Waals surface area contributed by atoms with Gasteiger partial charge in [-0.25, -0.2) is 9.78 Å². The Kier molecular flexibility index (Phi) is 6.33. The molecule has 2 aromatic carbocycles. The maximum absolute atomic E-state index is 13.3. The molecule has 0 saturated carbocycles. The Balaban J connectivity index is 1.41. The van der Waals surface area contributed by atoms with E-state index in [4.69, 9.17) is 6.35 Å². The molecule has 2 atom stereocenters. The van der Waals surface area contributed by atoms with Crippen LogP contribution in [-0.2, 0) is 6.52 Å². The lowest BCUT2D eigenvalue weighted by molar-refractivity contribution is 0.193. The number of anilines is 2. The molecule has 1 fully saturated rings. The predicted octanol–water partition coefficient (Wildman–Crippen LogP) is 6.59. The third kappa shape index (κ3) is 4.81. The van der Waals surface area contributed by atoms with Crippen LogP contribution in [0.5, 0.6) is 0 Å². The molecule has 1 aliphatic rings. The number of aromatic nitrogens is 2. The second kappa shape index (κ2) is 10.1. The van der Waals surface area contributed by atoms with Crippen LogP contribution < -0.4 is 10.6 Å². The fourth-order valence-corrected chi connectivity index (χ4v) is 5.11. The number of nitrogens with zero attached hydrogens (tertiary/aromatic N) is 3. The molecule has 1 aliphatic heterocycles. The lowest BCUT2D eigenvalue weighted by Gasteiger charge is -2.33. The number of amides is 2. The first-order valence-electron chi connectivity index (χ1n) is 13.2. The summed E-state index contributed by atoms with van der Waals surface area (Å²) in [5.41, 5.74) is 8.45. The van der Waals surface area contributed by atoms with Crippen molar-refractivity contribution < 1.29 is 6.17 Å². The number of imidazole rings is 1. The highest BCUT2D eigenvalue weighted by atomic mass is 16.2. The van der Waals surface area contributed by atoms with Crippen molar-refractivity contribution in [2.45, 2.75) is 53.0 Å². The number of hydrogen-bond acceptors (Lipinski definition) is 3. The van der Waals surface area contributed by atoms with E-state index in [1.807, 2.05) is 73.5 Å². The number of piperidine rings is 1. The van der Waals surface area contributed by atoms with Crippen molar-refractivity contribution in [1.29, 1.82) is 0 Å². The number of fused-ring (bicyclic) bond motifs is 1. The van der Waals surface area contributed by atoms with Crippen LogP contribution in [0.2, 0.25) is 0 Å². The zero-order chi connectivity index (χ0) is 26.1. The lowest BCUT2D eigenvalue weighted by Crippen LogP contribution is -2.41. The van der Waals surface area contributed by atoms with Crippen molar-refractivity contribution in [3.63, 3.8) is 0 Å². The van der Waals surface area contributed by atoms with Crippen molar-refractivity contribution in [3.05, 3.63) is 94.4 Å². The molecule has 0 aliphatic carbocycles. The summed E-state index contributed by atoms with van der Waals surface area (Å²) in [6.07, 6.45) is 3.99. The monoisotopic (exact) mass is 482 g/mol. The molecular formula is C30H35N5O. The highest BCUT2D eigenvalue weighted by Gasteiger charge is 2.25. The van der Waals surface area contributed by atoms with Crippen molar-refractivity contribution >= 4 is 23.1 Å². The first kappa shape index (κ1) is 22.7. The van der Waals surface area contributed by atoms with Gasteiger partial charge in [0.05, 0.1) is 18.4 Å². The van der Waals surface area contributed by atoms with Gasteiger partial charge in [-0.1, -0.05) is 48.5 Å². The molecule has 6 nitrogen and oxygen atoms in total. The molecule has 2 unspecified atom stereocenters. The third-order valence-corrected chi connectivity index (χ3v) is 7.34. The summed E-state index contributed by atoms with van der Waals surface area (Å²) in [4.78, 5) is 20.0. The summed E-state index contributed by atoms with van der Waals surface area (Å²) in [6.45, 7) is 8.84. The van der Waals surface area contributed by atoms with Gasteiger partial charge in [0.2, 0.25) is 0 Å². The first-order chi connectivity index (χ1) is 17.8. The standard InChI is InChI=1S/C30H35N5O/c1-20-10-8-11-21(2)27(20)17-31-28-16-26(19-35-23(4)22(3)32-29(28)35)33-30(36)34-15-9-14-25(18-34)24-12-6-5-7-13-24/h5-8,10-13,16,19,25,31H,9,14-15,17-18H2,1-4H3,(H,33,36)/i17D. The Morgan fingerprint density at radius 1 is 1.08 bits per heavy atom. The number of rotatable bonds is 5. The molecular weight excluding hydrogens is 446 g/mol. The van der Waals surface area contributed by atoms with Gasteiger partial charge in [-0.15, -0.1) is 0 Å². The highest BCUT2D eigenvalue weighted by molar-refractivity contribution is 5.91. The van der Waals surface area contributed by atoms with Gasteiger partial charge in [-0.2, -0.15) is 0 Å². The van der Waals surface area contributed by atoms with Gasteiger partial charge in [-0.05, 0) is 68.9 Å². The second-order valence-corrected chi connectivity index (χ2v) is 9.84. The third-order valence-electron chi connectivity index (χ3n) is 7.34. The number of carbonyl (C=O) groups is 1. The second-order valence-electron chi connectivity index (χ2n) is 9.84. The van der Waals surface area contributed by atoms with Crippen molar-refractivity contribution in [1.82, 2.24) is 14.3 Å². The summed E-state index contributed by atoms with van der Waals surface area (Å²) in [6, 6.07) is 18.3. The van der Waals surface area contributed by atoms with Gasteiger partial charge in [-0.3, -0.25) is 0 Å². The molecule has 1 saturated heterocycles. The summed E-state index contributed by atoms with van der Waals surface area (Å²) < 4.78 is 10.9. The van der Waals surface area contributed by atoms with E-state index in [0.717, 1.165) is 58.8 Å². The Morgan fingerprint density at radius 2 is 1.83 bits per heavy atom. The Labute approximate surface area is 214 Å². The average molecular weight is 483 g/mol. The number of hydrogen-bond donors (Lipinski definition) is 2. The van der Waals surface area contributed by atoms with E-state index < -0.39 is 6.52 Å². The SMILES string of the molecule is [2H]C(Nc1cc(NC(=O)N2CCCC(c3ccccc3)C2)cn2c(C)c(C)nc12)c1c(C)cccc1C. The molecule has 186 valence electrons. The molecule has 6 heteroatoms. The fraction of sp³-hybridized carbons (Fsp3) is 0.333. The van der Waals surface area contributed by atoms with Crippen molar-refractivity contribution in [3.8, 4) is 0 Å². The van der Waals surface area contributed by atoms with E-state index in [0.29, 0.717) is 18.2 Å². The number of likely N-dealkylation sites (tertiary alicyclic amines) is 1. The van der Waals surface area contributed by atoms with Gasteiger partial charge in [0.25, 0.3) is 0 Å². The summed E-state index contributed by atoms with van der Waals surface area (Å²) in [5.74, 6) is 0.348. The van der Waals surface area contributed by atoms with Gasteiger partial charge in [0.15, 0.2) is 5.65 Å². The van der Waals surface area contributed by atoms with E-state index in [1.165, 1.54) is 5.56 Å². The number of aryl methyl sites for hydroxylation is 4. The Bertz CT molecular complexity index is 1410. The van der Waals surface area contributed by atoms with Gasteiger partial charge >= 0.3 is 6.03 Å². The number of pyridine rings is 1. The highest BCUT2D eigenvalue weighted by Crippen LogP contribution is 2.29. The molecule has 5 rings (SSSR count). The van der Waals surface area contributed by atoms with Gasteiger partial charge < -0.3 is 19.9 Å². The van der Waals surface area contributed by atoms with Crippen LogP contribution in [0.3, 0.4) is 0 Å². The first-order valence-corrected chi connectivity index (χ1v) is 12.7. The number of urea groups is 1. The summed E-state index contributed by atoms with van der Waals surface area (Å²) in [5, 5.41) is 6.49. The van der Waals surface area contributed by atoms with Crippen molar-refractivity contribution in [2.24, 2.45) is 0 Å². The molecule has 0 spiro atoms. The summed E-state index contributed by atoms with van der Waals surface area (Å²) in [7, 11) is 0. The van der Waals surface area contributed by atoms with Crippen LogP contribution in [0.25, 0.3) is 5.65 Å². The molecule has 36 heavy (non-hydrogen) atoms. The quantitative estimate of drug-likeness (QED) is 0.337. The minimum Gasteiger partial charge on any atom is -0.378 e. The van der Waals surface area contributed by atoms with E-state index in [1.54, 1.807) is 0 Å². The van der Waals surface area contributed by atoms with Crippen LogP contribution in [0.1, 0.15) is 53.8 Å². The van der Waals surface area contributed by atoms with Crippen LogP contribution in [-0.4, -0.2) is 33.4 Å². The van der Waals surface area contributed by atoms with E-state index in [-0.39, 0.29) is 6.03 Å². The maximum Gasteiger partial charge on any atom is 0.321 e. The molecule has 0 bridgehead atoms. The van der Waals surface area contributed by atoms with E-state index in [9.17, 15) is 4.79 Å². The smallest absolute Gasteiger partial charge is 0.321 e. The Hall–Kier alpha value is -3.80. The fourth-order valence-electron chi connectivity index (χ4n) is 5.11. The number of nitrogens with one attached hydrogen (secondary N) is 2. The van der Waals surface area contributed by atoms with Crippen molar-refractivity contribution in [2.75, 3.05) is 23.7 Å². The molecule has 2 aromatic heterocycles. The zero-order valence-electron chi connectivity index (χ0n) is 22.5. The molecule has 4 aromatic rings. The number of benzene rings is 2. The van der Waals surface area contributed by atoms with E-state index >= 15 is 0 Å². The van der Waals surface area contributed by atoms with Gasteiger partial charge in [0.1, 0.15) is 0 Å². The van der Waals surface area contributed by atoms with Crippen LogP contribution in [0.4, 0.5) is 16.2 Å². The van der Waals surface area contributed by atoms with Crippen LogP contribution in [0, 0.1) is 27.7 Å². The lowest BCUT2D eigenvalue weighted by atomic mass is 9.91. The molecule has 0 radical (unpaired) electrons. The average Bonchev–Trinajstić information content (AvgIpc) is 3.18. The van der Waals surface area contributed by atoms with Gasteiger partial charge in [0, 0.05) is 37.4 Å². The topological polar surface area (TPSA) is 61.7 Å². The maximum atomic E-state index is 13.3. The van der Waals surface area contributed by atoms with Crippen LogP contribution in [0.15, 0.2) is 60.8 Å².